The van der Waals surface area contributed by atoms with E-state index in [-0.39, 0.29) is 5.91 Å². The molecule has 1 rings (SSSR count). The molecule has 0 fully saturated rings. The van der Waals surface area contributed by atoms with Crippen molar-refractivity contribution in [2.45, 2.75) is 24.6 Å². The van der Waals surface area contributed by atoms with Crippen LogP contribution in [0.2, 0.25) is 5.02 Å². The van der Waals surface area contributed by atoms with E-state index in [0.717, 1.165) is 5.56 Å². The average Bonchev–Trinajstić information content (AvgIpc) is 2.23. The van der Waals surface area contributed by atoms with Gasteiger partial charge in [0, 0.05) is 10.7 Å². The monoisotopic (exact) mass is 279 g/mol. The van der Waals surface area contributed by atoms with E-state index in [0.29, 0.717) is 10.7 Å². The Hall–Kier alpha value is -0.440. The van der Waals surface area contributed by atoms with Gasteiger partial charge in [-0.05, 0) is 31.5 Å². The number of anilines is 1. The summed E-state index contributed by atoms with van der Waals surface area (Å²) in [6.07, 6.45) is 0. The molecule has 0 heterocycles. The first kappa shape index (κ1) is 13.6. The van der Waals surface area contributed by atoms with Crippen molar-refractivity contribution in [2.24, 2.45) is 0 Å². The third-order valence-electron chi connectivity index (χ3n) is 2.18. The van der Waals surface area contributed by atoms with Crippen LogP contribution < -0.4 is 5.32 Å². The van der Waals surface area contributed by atoms with Crippen LogP contribution in [0.15, 0.2) is 18.2 Å². The van der Waals surface area contributed by atoms with E-state index in [1.54, 1.807) is 25.1 Å². The molecule has 0 aliphatic rings. The predicted molar refractivity (Wildman–Crippen MR) is 69.8 cm³/mol. The number of hydrogen-bond acceptors (Lipinski definition) is 1. The number of carbonyl (C=O) groups excluding carboxylic acids is 1. The summed E-state index contributed by atoms with van der Waals surface area (Å²) < 4.78 is 0. The first-order valence-electron chi connectivity index (χ1n) is 4.77. The Morgan fingerprint density at radius 3 is 2.56 bits per heavy atom. The van der Waals surface area contributed by atoms with Gasteiger partial charge in [0.15, 0.2) is 0 Å². The minimum Gasteiger partial charge on any atom is -0.324 e. The number of rotatable bonds is 3. The van der Waals surface area contributed by atoms with E-state index in [1.807, 2.05) is 6.92 Å². The fourth-order valence-corrected chi connectivity index (χ4v) is 1.50. The maximum atomic E-state index is 11.6. The smallest absolute Gasteiger partial charge is 0.243 e. The molecule has 0 aliphatic carbocycles. The number of benzene rings is 1. The maximum absolute atomic E-state index is 11.6. The minimum absolute atomic E-state index is 0.325. The second-order valence-corrected chi connectivity index (χ2v) is 5.05. The van der Waals surface area contributed by atoms with Crippen molar-refractivity contribution in [1.82, 2.24) is 0 Å². The molecule has 1 amide bonds. The van der Waals surface area contributed by atoms with Crippen molar-refractivity contribution in [1.29, 1.82) is 0 Å². The molecule has 2 atom stereocenters. The molecule has 2 nitrogen and oxygen atoms in total. The second-order valence-electron chi connectivity index (χ2n) is 3.48. The van der Waals surface area contributed by atoms with Gasteiger partial charge >= 0.3 is 0 Å². The van der Waals surface area contributed by atoms with Crippen molar-refractivity contribution in [3.8, 4) is 0 Å². The van der Waals surface area contributed by atoms with Gasteiger partial charge in [-0.2, -0.15) is 0 Å². The molecular weight excluding hydrogens is 268 g/mol. The van der Waals surface area contributed by atoms with Crippen LogP contribution >= 0.6 is 34.8 Å². The van der Waals surface area contributed by atoms with Crippen LogP contribution in [0, 0.1) is 6.92 Å². The number of halogens is 3. The van der Waals surface area contributed by atoms with Gasteiger partial charge in [-0.3, -0.25) is 4.79 Å². The lowest BCUT2D eigenvalue weighted by Gasteiger charge is -2.14. The summed E-state index contributed by atoms with van der Waals surface area (Å²) in [7, 11) is 0. The van der Waals surface area contributed by atoms with Crippen molar-refractivity contribution in [3.63, 3.8) is 0 Å². The quantitative estimate of drug-likeness (QED) is 0.838. The Bertz CT molecular complexity index is 393. The third-order valence-corrected chi connectivity index (χ3v) is 3.55. The molecule has 0 aromatic heterocycles. The SMILES string of the molecule is Cc1c(Cl)cccc1NC(=O)[C@@H](Cl)[C@@H](C)Cl. The first-order chi connectivity index (χ1) is 7.43. The van der Waals surface area contributed by atoms with Crippen molar-refractivity contribution in [3.05, 3.63) is 28.8 Å². The summed E-state index contributed by atoms with van der Waals surface area (Å²) in [6.45, 7) is 3.49. The average molecular weight is 281 g/mol. The molecule has 0 saturated heterocycles. The van der Waals surface area contributed by atoms with E-state index in [9.17, 15) is 4.79 Å². The zero-order chi connectivity index (χ0) is 12.3. The second kappa shape index (κ2) is 5.76. The Morgan fingerprint density at radius 2 is 2.00 bits per heavy atom. The summed E-state index contributed by atoms with van der Waals surface area (Å²) in [6, 6.07) is 5.29. The fraction of sp³-hybridized carbons (Fsp3) is 0.364. The van der Waals surface area contributed by atoms with Gasteiger partial charge in [0.2, 0.25) is 5.91 Å². The number of carbonyl (C=O) groups is 1. The molecule has 0 bridgehead atoms. The molecule has 5 heteroatoms. The summed E-state index contributed by atoms with van der Waals surface area (Å²) in [4.78, 5) is 11.6. The van der Waals surface area contributed by atoms with E-state index in [4.69, 9.17) is 34.8 Å². The topological polar surface area (TPSA) is 29.1 Å². The van der Waals surface area contributed by atoms with Gasteiger partial charge in [-0.25, -0.2) is 0 Å². The summed E-state index contributed by atoms with van der Waals surface area (Å²) in [5, 5.41) is 2.10. The lowest BCUT2D eigenvalue weighted by atomic mass is 10.2. The molecule has 1 N–H and O–H groups in total. The summed E-state index contributed by atoms with van der Waals surface area (Å²) >= 11 is 17.5. The van der Waals surface area contributed by atoms with Crippen LogP contribution in [0.5, 0.6) is 0 Å². The predicted octanol–water partition coefficient (Wildman–Crippen LogP) is 3.82. The van der Waals surface area contributed by atoms with Gasteiger partial charge < -0.3 is 5.32 Å². The Kier molecular flexibility index (Phi) is 4.90. The van der Waals surface area contributed by atoms with Crippen molar-refractivity contribution >= 4 is 46.4 Å². The number of hydrogen-bond donors (Lipinski definition) is 1. The maximum Gasteiger partial charge on any atom is 0.243 e. The number of nitrogens with one attached hydrogen (secondary N) is 1. The lowest BCUT2D eigenvalue weighted by molar-refractivity contribution is -0.115. The minimum atomic E-state index is -0.764. The van der Waals surface area contributed by atoms with E-state index in [2.05, 4.69) is 5.32 Å². The Balaban J connectivity index is 2.81. The molecule has 0 unspecified atom stereocenters. The zero-order valence-electron chi connectivity index (χ0n) is 8.93. The van der Waals surface area contributed by atoms with Gasteiger partial charge in [0.25, 0.3) is 0 Å². The Morgan fingerprint density at radius 1 is 1.38 bits per heavy atom. The van der Waals surface area contributed by atoms with Crippen LogP contribution in [0.3, 0.4) is 0 Å². The third kappa shape index (κ3) is 3.27. The molecule has 0 spiro atoms. The standard InChI is InChI=1S/C11H12Cl3NO/c1-6-8(13)4-3-5-9(6)15-11(16)10(14)7(2)12/h3-5,7,10H,1-2H3,(H,15,16)/t7-,10+/m1/s1. The van der Waals surface area contributed by atoms with Gasteiger partial charge in [0.05, 0.1) is 5.38 Å². The molecule has 1 aromatic carbocycles. The first-order valence-corrected chi connectivity index (χ1v) is 6.02. The van der Waals surface area contributed by atoms with Gasteiger partial charge in [-0.15, -0.1) is 23.2 Å². The van der Waals surface area contributed by atoms with Crippen molar-refractivity contribution < 1.29 is 4.79 Å². The molecular formula is C11H12Cl3NO. The lowest BCUT2D eigenvalue weighted by Crippen LogP contribution is -2.29. The zero-order valence-corrected chi connectivity index (χ0v) is 11.2. The largest absolute Gasteiger partial charge is 0.324 e. The molecule has 0 aliphatic heterocycles. The molecule has 88 valence electrons. The molecule has 0 radical (unpaired) electrons. The number of amides is 1. The van der Waals surface area contributed by atoms with Crippen LogP contribution in [0.1, 0.15) is 12.5 Å². The van der Waals surface area contributed by atoms with Crippen LogP contribution in [0.25, 0.3) is 0 Å². The number of alkyl halides is 2. The van der Waals surface area contributed by atoms with Gasteiger partial charge in [0.1, 0.15) is 5.38 Å². The molecule has 16 heavy (non-hydrogen) atoms. The highest BCUT2D eigenvalue weighted by molar-refractivity contribution is 6.38. The summed E-state index contributed by atoms with van der Waals surface area (Å²) in [5.74, 6) is -0.325. The van der Waals surface area contributed by atoms with E-state index < -0.39 is 10.8 Å². The van der Waals surface area contributed by atoms with Crippen LogP contribution in [-0.4, -0.2) is 16.7 Å². The van der Waals surface area contributed by atoms with Crippen molar-refractivity contribution in [2.75, 3.05) is 5.32 Å². The molecule has 1 aromatic rings. The highest BCUT2D eigenvalue weighted by Gasteiger charge is 2.21. The highest BCUT2D eigenvalue weighted by atomic mass is 35.5. The molecule has 0 saturated carbocycles. The normalized spacial score (nSPS) is 14.3. The summed E-state index contributed by atoms with van der Waals surface area (Å²) in [5.41, 5.74) is 1.46. The van der Waals surface area contributed by atoms with Crippen LogP contribution in [0.4, 0.5) is 5.69 Å². The van der Waals surface area contributed by atoms with E-state index in [1.165, 1.54) is 0 Å². The van der Waals surface area contributed by atoms with E-state index >= 15 is 0 Å². The van der Waals surface area contributed by atoms with Gasteiger partial charge in [-0.1, -0.05) is 17.7 Å². The fourth-order valence-electron chi connectivity index (χ4n) is 1.15. The highest BCUT2D eigenvalue weighted by Crippen LogP contribution is 2.23. The Labute approximate surface area is 110 Å². The van der Waals surface area contributed by atoms with Crippen LogP contribution in [-0.2, 0) is 4.79 Å².